The Morgan fingerprint density at radius 3 is 2.40 bits per heavy atom. The van der Waals surface area contributed by atoms with E-state index in [0.717, 1.165) is 32.1 Å². The fourth-order valence-corrected chi connectivity index (χ4v) is 1.57. The third-order valence-corrected chi connectivity index (χ3v) is 2.31. The summed E-state index contributed by atoms with van der Waals surface area (Å²) in [6, 6.07) is 0. The predicted molar refractivity (Wildman–Crippen MR) is 58.2 cm³/mol. The maximum atomic E-state index is 9.98. The number of carbonyl (C=O) groups excluding carboxylic acids is 2. The van der Waals surface area contributed by atoms with Gasteiger partial charge in [-0.3, -0.25) is 0 Å². The van der Waals surface area contributed by atoms with Crippen molar-refractivity contribution in [2.24, 2.45) is 15.9 Å². The second-order valence-corrected chi connectivity index (χ2v) is 3.56. The van der Waals surface area contributed by atoms with Gasteiger partial charge < -0.3 is 0 Å². The molecule has 0 bridgehead atoms. The van der Waals surface area contributed by atoms with Gasteiger partial charge in [0.25, 0.3) is 0 Å². The largest absolute Gasteiger partial charge is 0.234 e. The highest BCUT2D eigenvalue weighted by Crippen LogP contribution is 2.15. The minimum Gasteiger partial charge on any atom is -0.211 e. The van der Waals surface area contributed by atoms with E-state index in [-0.39, 0.29) is 0 Å². The van der Waals surface area contributed by atoms with Crippen LogP contribution < -0.4 is 0 Å². The number of nitrogens with zero attached hydrogens (tertiary/aromatic N) is 2. The first kappa shape index (κ1) is 13.8. The van der Waals surface area contributed by atoms with Gasteiger partial charge in [0.1, 0.15) is 0 Å². The lowest BCUT2D eigenvalue weighted by Crippen LogP contribution is -2.04. The molecule has 0 saturated carbocycles. The molecule has 84 valence electrons. The summed E-state index contributed by atoms with van der Waals surface area (Å²) in [7, 11) is 0. The van der Waals surface area contributed by atoms with Crippen LogP contribution in [0.5, 0.6) is 0 Å². The monoisotopic (exact) mass is 210 g/mol. The van der Waals surface area contributed by atoms with Gasteiger partial charge in [-0.25, -0.2) is 19.6 Å². The Morgan fingerprint density at radius 1 is 1.07 bits per heavy atom. The SMILES string of the molecule is CCCC(CCCCN=C=O)CN=C=O. The van der Waals surface area contributed by atoms with Crippen LogP contribution in [-0.4, -0.2) is 25.2 Å². The molecule has 0 heterocycles. The Labute approximate surface area is 90.5 Å². The molecule has 0 rings (SSSR count). The second-order valence-electron chi connectivity index (χ2n) is 3.56. The Hall–Kier alpha value is -1.24. The molecule has 4 heteroatoms. The van der Waals surface area contributed by atoms with E-state index in [1.165, 1.54) is 6.08 Å². The van der Waals surface area contributed by atoms with Crippen molar-refractivity contribution >= 4 is 12.2 Å². The molecule has 15 heavy (non-hydrogen) atoms. The van der Waals surface area contributed by atoms with Crippen LogP contribution in [0.1, 0.15) is 39.0 Å². The average Bonchev–Trinajstić information content (AvgIpc) is 2.25. The molecular weight excluding hydrogens is 192 g/mol. The van der Waals surface area contributed by atoms with Gasteiger partial charge in [0.05, 0.1) is 13.1 Å². The highest BCUT2D eigenvalue weighted by atomic mass is 16.1. The molecule has 0 amide bonds. The molecule has 0 aromatic heterocycles. The van der Waals surface area contributed by atoms with Crippen molar-refractivity contribution in [3.8, 4) is 0 Å². The lowest BCUT2D eigenvalue weighted by Gasteiger charge is -2.11. The molecule has 4 nitrogen and oxygen atoms in total. The lowest BCUT2D eigenvalue weighted by molar-refractivity contribution is 0.435. The third kappa shape index (κ3) is 9.07. The molecular formula is C11H18N2O2. The van der Waals surface area contributed by atoms with E-state index >= 15 is 0 Å². The average molecular weight is 210 g/mol. The van der Waals surface area contributed by atoms with Crippen molar-refractivity contribution in [3.63, 3.8) is 0 Å². The first-order valence-corrected chi connectivity index (χ1v) is 5.42. The van der Waals surface area contributed by atoms with Gasteiger partial charge in [0.2, 0.25) is 12.2 Å². The molecule has 0 aromatic carbocycles. The van der Waals surface area contributed by atoms with Crippen molar-refractivity contribution in [2.45, 2.75) is 39.0 Å². The standard InChI is InChI=1S/C11H18N2O2/c1-2-5-11(8-13-10-15)6-3-4-7-12-9-14/h11H,2-8H2,1H3. The van der Waals surface area contributed by atoms with E-state index in [1.54, 1.807) is 6.08 Å². The second kappa shape index (κ2) is 10.8. The molecule has 0 radical (unpaired) electrons. The zero-order valence-corrected chi connectivity index (χ0v) is 9.24. The van der Waals surface area contributed by atoms with Crippen molar-refractivity contribution < 1.29 is 9.59 Å². The number of aliphatic imine (C=N–C) groups is 2. The van der Waals surface area contributed by atoms with E-state index in [0.29, 0.717) is 19.0 Å². The fraction of sp³-hybridized carbons (Fsp3) is 0.818. The van der Waals surface area contributed by atoms with Crippen LogP contribution in [0.2, 0.25) is 0 Å². The molecule has 0 saturated heterocycles. The molecule has 0 spiro atoms. The molecule has 0 aliphatic rings. The van der Waals surface area contributed by atoms with Crippen LogP contribution in [0.4, 0.5) is 0 Å². The van der Waals surface area contributed by atoms with Crippen molar-refractivity contribution in [1.29, 1.82) is 0 Å². The number of isocyanates is 2. The zero-order valence-electron chi connectivity index (χ0n) is 9.24. The minimum absolute atomic E-state index is 0.469. The highest BCUT2D eigenvalue weighted by Gasteiger charge is 2.06. The normalized spacial score (nSPS) is 11.3. The first-order chi connectivity index (χ1) is 7.35. The Morgan fingerprint density at radius 2 is 1.80 bits per heavy atom. The fourth-order valence-electron chi connectivity index (χ4n) is 1.57. The van der Waals surface area contributed by atoms with Gasteiger partial charge in [-0.1, -0.05) is 19.8 Å². The van der Waals surface area contributed by atoms with Gasteiger partial charge >= 0.3 is 0 Å². The third-order valence-electron chi connectivity index (χ3n) is 2.31. The summed E-state index contributed by atoms with van der Waals surface area (Å²) < 4.78 is 0. The maximum absolute atomic E-state index is 9.98. The minimum atomic E-state index is 0.469. The van der Waals surface area contributed by atoms with E-state index < -0.39 is 0 Å². The molecule has 0 aromatic rings. The Kier molecular flexibility index (Phi) is 9.94. The van der Waals surface area contributed by atoms with Crippen molar-refractivity contribution in [1.82, 2.24) is 0 Å². The number of hydrogen-bond acceptors (Lipinski definition) is 4. The van der Waals surface area contributed by atoms with Crippen molar-refractivity contribution in [3.05, 3.63) is 0 Å². The number of unbranched alkanes of at least 4 members (excludes halogenated alkanes) is 1. The van der Waals surface area contributed by atoms with Gasteiger partial charge in [-0.2, -0.15) is 0 Å². The van der Waals surface area contributed by atoms with Crippen molar-refractivity contribution in [2.75, 3.05) is 13.1 Å². The van der Waals surface area contributed by atoms with Crippen LogP contribution in [0, 0.1) is 5.92 Å². The maximum Gasteiger partial charge on any atom is 0.234 e. The quantitative estimate of drug-likeness (QED) is 0.333. The van der Waals surface area contributed by atoms with E-state index in [1.807, 2.05) is 0 Å². The Balaban J connectivity index is 3.64. The van der Waals surface area contributed by atoms with E-state index in [9.17, 15) is 9.59 Å². The summed E-state index contributed by atoms with van der Waals surface area (Å²) in [5, 5.41) is 0. The van der Waals surface area contributed by atoms with Gasteiger partial charge in [-0.15, -0.1) is 0 Å². The lowest BCUT2D eigenvalue weighted by atomic mass is 9.97. The van der Waals surface area contributed by atoms with Crippen LogP contribution in [-0.2, 0) is 9.59 Å². The summed E-state index contributed by atoms with van der Waals surface area (Å²) in [6.45, 7) is 3.25. The molecule has 0 aliphatic heterocycles. The van der Waals surface area contributed by atoms with Crippen LogP contribution in [0.3, 0.4) is 0 Å². The Bertz CT molecular complexity index is 241. The van der Waals surface area contributed by atoms with E-state index in [2.05, 4.69) is 16.9 Å². The summed E-state index contributed by atoms with van der Waals surface area (Å²) in [5.41, 5.74) is 0. The van der Waals surface area contributed by atoms with E-state index in [4.69, 9.17) is 0 Å². The highest BCUT2D eigenvalue weighted by molar-refractivity contribution is 5.33. The molecule has 0 aliphatic carbocycles. The zero-order chi connectivity index (χ0) is 11.4. The van der Waals surface area contributed by atoms with Gasteiger partial charge in [-0.05, 0) is 25.2 Å². The molecule has 1 atom stereocenters. The topological polar surface area (TPSA) is 58.9 Å². The van der Waals surface area contributed by atoms with Crippen LogP contribution >= 0.6 is 0 Å². The molecule has 0 N–H and O–H groups in total. The summed E-state index contributed by atoms with van der Waals surface area (Å²) in [6.07, 6.45) is 8.24. The van der Waals surface area contributed by atoms with Gasteiger partial charge in [0.15, 0.2) is 0 Å². The van der Waals surface area contributed by atoms with Crippen LogP contribution in [0.25, 0.3) is 0 Å². The van der Waals surface area contributed by atoms with Gasteiger partial charge in [0, 0.05) is 0 Å². The summed E-state index contributed by atoms with van der Waals surface area (Å²) >= 11 is 0. The summed E-state index contributed by atoms with van der Waals surface area (Å²) in [5.74, 6) is 0.469. The number of hydrogen-bond donors (Lipinski definition) is 0. The predicted octanol–water partition coefficient (Wildman–Crippen LogP) is 2.24. The molecule has 1 unspecified atom stereocenters. The van der Waals surface area contributed by atoms with Crippen LogP contribution in [0.15, 0.2) is 9.98 Å². The summed E-state index contributed by atoms with van der Waals surface area (Å²) in [4.78, 5) is 26.9. The first-order valence-electron chi connectivity index (χ1n) is 5.42. The molecule has 0 fully saturated rings. The number of rotatable bonds is 9. The smallest absolute Gasteiger partial charge is 0.211 e.